The zero-order valence-corrected chi connectivity index (χ0v) is 24.4. The molecule has 0 aromatic carbocycles. The maximum atomic E-state index is 12.6. The number of aliphatic hydroxyl groups is 1. The highest BCUT2D eigenvalue weighted by Crippen LogP contribution is 2.72. The Hall–Kier alpha value is -1.66. The largest absolute Gasteiger partial charge is 0.464 e. The summed E-state index contributed by atoms with van der Waals surface area (Å²) in [5.74, 6) is 1.41. The minimum Gasteiger partial charge on any atom is -0.464 e. The van der Waals surface area contributed by atoms with Gasteiger partial charge < -0.3 is 14.3 Å². The van der Waals surface area contributed by atoms with E-state index in [0.29, 0.717) is 30.9 Å². The topological polar surface area (TPSA) is 80.0 Å². The first-order valence-electron chi connectivity index (χ1n) is 15.8. The van der Waals surface area contributed by atoms with Crippen molar-refractivity contribution in [3.8, 4) is 0 Å². The van der Waals surface area contributed by atoms with Crippen molar-refractivity contribution in [3.63, 3.8) is 0 Å². The van der Waals surface area contributed by atoms with Gasteiger partial charge in [0.2, 0.25) is 0 Å². The van der Waals surface area contributed by atoms with Crippen LogP contribution in [0.3, 0.4) is 0 Å². The molecule has 1 saturated heterocycles. The molecule has 1 aliphatic heterocycles. The van der Waals surface area contributed by atoms with Gasteiger partial charge in [0.15, 0.2) is 0 Å². The van der Waals surface area contributed by atoms with Crippen molar-refractivity contribution < 1.29 is 19.1 Å². The van der Waals surface area contributed by atoms with E-state index in [0.717, 1.165) is 76.4 Å². The standard InChI is InChI=1S/C33H49NO5/c1-30-13-6-7-27-26(11-15-32(3)25(12-16-33(27,32)37)24-8-9-28(35)39-22-24)31(30,2)14-10-23(19-30)21-38-29(36)20-34-17-4-5-18-34/h8-9,22-23,25-27,37H,4-7,10-21H2,1-3H3/t23-,25+,26-,27-,30+,31+,32+,33-/m0/s1. The highest BCUT2D eigenvalue weighted by atomic mass is 16.5. The molecular weight excluding hydrogens is 490 g/mol. The van der Waals surface area contributed by atoms with Crippen molar-refractivity contribution in [2.75, 3.05) is 26.2 Å². The van der Waals surface area contributed by atoms with Gasteiger partial charge in [-0.25, -0.2) is 4.79 Å². The molecule has 6 nitrogen and oxygen atoms in total. The summed E-state index contributed by atoms with van der Waals surface area (Å²) >= 11 is 0. The molecule has 216 valence electrons. The normalized spacial score (nSPS) is 44.2. The molecule has 1 aromatic heterocycles. The highest BCUT2D eigenvalue weighted by molar-refractivity contribution is 5.71. The summed E-state index contributed by atoms with van der Waals surface area (Å²) in [7, 11) is 0. The van der Waals surface area contributed by atoms with Crippen molar-refractivity contribution in [3.05, 3.63) is 34.4 Å². The molecule has 0 spiro atoms. The predicted octanol–water partition coefficient (Wildman–Crippen LogP) is 5.92. The van der Waals surface area contributed by atoms with E-state index in [1.165, 1.54) is 25.3 Å². The van der Waals surface area contributed by atoms with Crippen molar-refractivity contribution in [2.24, 2.45) is 34.0 Å². The molecule has 6 rings (SSSR count). The fourth-order valence-electron chi connectivity index (χ4n) is 10.6. The van der Waals surface area contributed by atoms with Crippen LogP contribution in [-0.2, 0) is 9.53 Å². The van der Waals surface area contributed by atoms with E-state index < -0.39 is 5.60 Å². The Morgan fingerprint density at radius 3 is 2.49 bits per heavy atom. The van der Waals surface area contributed by atoms with E-state index in [-0.39, 0.29) is 33.8 Å². The highest BCUT2D eigenvalue weighted by Gasteiger charge is 2.68. The number of esters is 1. The van der Waals surface area contributed by atoms with Crippen LogP contribution in [0.4, 0.5) is 0 Å². The summed E-state index contributed by atoms with van der Waals surface area (Å²) < 4.78 is 11.1. The number of fused-ring (bicyclic) bond motifs is 5. The summed E-state index contributed by atoms with van der Waals surface area (Å²) in [5, 5.41) is 12.6. The van der Waals surface area contributed by atoms with Crippen LogP contribution in [0, 0.1) is 34.0 Å². The van der Waals surface area contributed by atoms with E-state index in [9.17, 15) is 14.7 Å². The van der Waals surface area contributed by atoms with E-state index >= 15 is 0 Å². The molecule has 8 atom stereocenters. The van der Waals surface area contributed by atoms with Gasteiger partial charge in [0.25, 0.3) is 0 Å². The van der Waals surface area contributed by atoms with Crippen LogP contribution in [0.15, 0.2) is 27.6 Å². The Labute approximate surface area is 233 Å². The van der Waals surface area contributed by atoms with Crippen LogP contribution in [0.2, 0.25) is 0 Å². The van der Waals surface area contributed by atoms with Crippen LogP contribution in [0.1, 0.15) is 109 Å². The lowest BCUT2D eigenvalue weighted by Crippen LogP contribution is -2.60. The Balaban J connectivity index is 1.17. The summed E-state index contributed by atoms with van der Waals surface area (Å²) in [6.45, 7) is 10.4. The fourth-order valence-corrected chi connectivity index (χ4v) is 10.6. The molecule has 6 heteroatoms. The Morgan fingerprint density at radius 2 is 1.74 bits per heavy atom. The van der Waals surface area contributed by atoms with Crippen molar-refractivity contribution in [1.29, 1.82) is 0 Å². The van der Waals surface area contributed by atoms with Gasteiger partial charge >= 0.3 is 11.6 Å². The first-order valence-corrected chi connectivity index (χ1v) is 15.8. The van der Waals surface area contributed by atoms with Crippen LogP contribution in [-0.4, -0.2) is 47.8 Å². The van der Waals surface area contributed by atoms with E-state index in [4.69, 9.17) is 9.15 Å². The molecule has 0 radical (unpaired) electrons. The number of carbonyl (C=O) groups is 1. The number of ether oxygens (including phenoxy) is 1. The summed E-state index contributed by atoms with van der Waals surface area (Å²) in [6, 6.07) is 3.45. The van der Waals surface area contributed by atoms with Crippen LogP contribution < -0.4 is 5.63 Å². The molecule has 5 fully saturated rings. The third-order valence-corrected chi connectivity index (χ3v) is 13.1. The first-order chi connectivity index (χ1) is 18.6. The van der Waals surface area contributed by atoms with Crippen LogP contribution >= 0.6 is 0 Å². The number of hydrogen-bond donors (Lipinski definition) is 1. The molecule has 0 amide bonds. The second kappa shape index (κ2) is 10.0. The Bertz CT molecular complexity index is 1110. The first kappa shape index (κ1) is 27.5. The maximum absolute atomic E-state index is 12.6. The minimum absolute atomic E-state index is 0.0569. The molecule has 4 saturated carbocycles. The smallest absolute Gasteiger partial charge is 0.335 e. The van der Waals surface area contributed by atoms with Gasteiger partial charge in [-0.3, -0.25) is 9.69 Å². The molecule has 1 aromatic rings. The lowest BCUT2D eigenvalue weighted by molar-refractivity contribution is -0.190. The fraction of sp³-hybridized carbons (Fsp3) is 0.818. The maximum Gasteiger partial charge on any atom is 0.335 e. The number of rotatable bonds is 5. The monoisotopic (exact) mass is 539 g/mol. The third kappa shape index (κ3) is 4.43. The van der Waals surface area contributed by atoms with E-state index in [1.807, 2.05) is 6.07 Å². The average Bonchev–Trinajstić information content (AvgIpc) is 3.48. The molecule has 0 bridgehead atoms. The van der Waals surface area contributed by atoms with Gasteiger partial charge in [-0.2, -0.15) is 0 Å². The quantitative estimate of drug-likeness (QED) is 0.468. The molecule has 5 aliphatic rings. The Kier molecular flexibility index (Phi) is 7.06. The van der Waals surface area contributed by atoms with Crippen LogP contribution in [0.25, 0.3) is 0 Å². The molecule has 39 heavy (non-hydrogen) atoms. The van der Waals surface area contributed by atoms with Crippen molar-refractivity contribution in [2.45, 2.75) is 109 Å². The number of likely N-dealkylation sites (tertiary alicyclic amines) is 1. The number of hydrogen-bond acceptors (Lipinski definition) is 6. The average molecular weight is 540 g/mol. The minimum atomic E-state index is -0.688. The molecule has 4 aliphatic carbocycles. The lowest BCUT2D eigenvalue weighted by Gasteiger charge is -2.62. The SMILES string of the molecule is C[C@]12CCC[C@H]3[C@H](CC[C@]4(C)[C@@H](c5ccc(=O)oc5)CC[C@]34O)[C@@]1(C)CC[C@H](COC(=O)CN1CCCC1)C2. The van der Waals surface area contributed by atoms with Gasteiger partial charge in [0, 0.05) is 11.5 Å². The molecule has 2 heterocycles. The lowest BCUT2D eigenvalue weighted by atomic mass is 9.44. The zero-order chi connectivity index (χ0) is 27.5. The van der Waals surface area contributed by atoms with Gasteiger partial charge in [0.1, 0.15) is 0 Å². The summed E-state index contributed by atoms with van der Waals surface area (Å²) in [6.07, 6.45) is 14.8. The third-order valence-electron chi connectivity index (χ3n) is 13.1. The summed E-state index contributed by atoms with van der Waals surface area (Å²) in [5.41, 5.74) is 0.240. The van der Waals surface area contributed by atoms with Crippen molar-refractivity contribution >= 4 is 5.97 Å². The van der Waals surface area contributed by atoms with E-state index in [2.05, 4.69) is 25.7 Å². The van der Waals surface area contributed by atoms with Gasteiger partial charge in [-0.05, 0) is 130 Å². The second-order valence-corrected chi connectivity index (χ2v) is 14.7. The van der Waals surface area contributed by atoms with Gasteiger partial charge in [-0.1, -0.05) is 27.2 Å². The van der Waals surface area contributed by atoms with Crippen LogP contribution in [0.5, 0.6) is 0 Å². The predicted molar refractivity (Wildman–Crippen MR) is 150 cm³/mol. The number of carbonyl (C=O) groups excluding carboxylic acids is 1. The molecule has 0 unspecified atom stereocenters. The zero-order valence-electron chi connectivity index (χ0n) is 24.4. The molecular formula is C33H49NO5. The van der Waals surface area contributed by atoms with E-state index in [1.54, 1.807) is 6.26 Å². The van der Waals surface area contributed by atoms with Gasteiger partial charge in [0.05, 0.1) is 25.0 Å². The second-order valence-electron chi connectivity index (χ2n) is 14.7. The number of nitrogens with zero attached hydrogens (tertiary/aromatic N) is 1. The summed E-state index contributed by atoms with van der Waals surface area (Å²) in [4.78, 5) is 26.3. The molecule has 1 N–H and O–H groups in total. The van der Waals surface area contributed by atoms with Crippen molar-refractivity contribution in [1.82, 2.24) is 4.90 Å². The van der Waals surface area contributed by atoms with Gasteiger partial charge in [-0.15, -0.1) is 0 Å². The Morgan fingerprint density at radius 1 is 0.974 bits per heavy atom.